The van der Waals surface area contributed by atoms with Gasteiger partial charge in [0.15, 0.2) is 0 Å². The predicted octanol–water partition coefficient (Wildman–Crippen LogP) is 3.69. The van der Waals surface area contributed by atoms with Crippen molar-refractivity contribution in [2.45, 2.75) is 13.0 Å². The van der Waals surface area contributed by atoms with E-state index in [1.165, 1.54) is 5.56 Å². The van der Waals surface area contributed by atoms with E-state index in [2.05, 4.69) is 11.4 Å². The molecule has 1 N–H and O–H groups in total. The summed E-state index contributed by atoms with van der Waals surface area (Å²) in [6.45, 7) is 1.58. The molecule has 0 aliphatic heterocycles. The maximum Gasteiger partial charge on any atom is 0.123 e. The number of ether oxygens (including phenoxy) is 2. The van der Waals surface area contributed by atoms with Crippen LogP contribution in [-0.4, -0.2) is 20.8 Å². The van der Waals surface area contributed by atoms with E-state index in [9.17, 15) is 0 Å². The first-order valence-corrected chi connectivity index (χ1v) is 7.27. The lowest BCUT2D eigenvalue weighted by Crippen LogP contribution is -2.17. The van der Waals surface area contributed by atoms with E-state index in [-0.39, 0.29) is 0 Å². The molecule has 0 aliphatic rings. The van der Waals surface area contributed by atoms with Gasteiger partial charge in [-0.15, -0.1) is 0 Å². The number of benzene rings is 2. The molecule has 0 atom stereocenters. The summed E-state index contributed by atoms with van der Waals surface area (Å²) in [5.41, 5.74) is 2.26. The Morgan fingerprint density at radius 3 is 2.43 bits per heavy atom. The molecule has 0 amide bonds. The Kier molecular flexibility index (Phi) is 5.90. The fraction of sp³-hybridized carbons (Fsp3) is 0.294. The van der Waals surface area contributed by atoms with Gasteiger partial charge < -0.3 is 14.8 Å². The fourth-order valence-corrected chi connectivity index (χ4v) is 2.44. The van der Waals surface area contributed by atoms with Crippen LogP contribution in [0.25, 0.3) is 0 Å². The van der Waals surface area contributed by atoms with Crippen molar-refractivity contribution in [3.63, 3.8) is 0 Å². The van der Waals surface area contributed by atoms with Gasteiger partial charge in [0.05, 0.1) is 14.2 Å². The van der Waals surface area contributed by atoms with Crippen molar-refractivity contribution in [2.75, 3.05) is 20.8 Å². The first-order valence-electron chi connectivity index (χ1n) is 6.89. The number of hydrogen-bond acceptors (Lipinski definition) is 3. The number of para-hydroxylation sites is 1. The molecule has 3 nitrogen and oxygen atoms in total. The molecule has 0 aliphatic carbocycles. The second-order valence-electron chi connectivity index (χ2n) is 4.69. The van der Waals surface area contributed by atoms with E-state index in [1.54, 1.807) is 14.2 Å². The van der Waals surface area contributed by atoms with Gasteiger partial charge >= 0.3 is 0 Å². The zero-order valence-electron chi connectivity index (χ0n) is 12.4. The van der Waals surface area contributed by atoms with Gasteiger partial charge in [0.25, 0.3) is 0 Å². The van der Waals surface area contributed by atoms with Crippen LogP contribution in [-0.2, 0) is 13.0 Å². The number of hydrogen-bond donors (Lipinski definition) is 1. The highest BCUT2D eigenvalue weighted by Crippen LogP contribution is 2.22. The Morgan fingerprint density at radius 1 is 0.952 bits per heavy atom. The molecule has 0 saturated heterocycles. The third-order valence-corrected chi connectivity index (χ3v) is 3.56. The molecular formula is C17H20ClNO2. The van der Waals surface area contributed by atoms with Gasteiger partial charge in [0.2, 0.25) is 0 Å². The summed E-state index contributed by atoms with van der Waals surface area (Å²) >= 11 is 6.02. The summed E-state index contributed by atoms with van der Waals surface area (Å²) in [5.74, 6) is 1.78. The van der Waals surface area contributed by atoms with Crippen LogP contribution < -0.4 is 14.8 Å². The van der Waals surface area contributed by atoms with E-state index in [1.807, 2.05) is 36.4 Å². The van der Waals surface area contributed by atoms with E-state index >= 15 is 0 Å². The normalized spacial score (nSPS) is 10.4. The quantitative estimate of drug-likeness (QED) is 0.791. The van der Waals surface area contributed by atoms with Gasteiger partial charge in [-0.1, -0.05) is 29.8 Å². The Morgan fingerprint density at radius 2 is 1.67 bits per heavy atom. The highest BCUT2D eigenvalue weighted by atomic mass is 35.5. The molecule has 0 saturated carbocycles. The van der Waals surface area contributed by atoms with Gasteiger partial charge in [-0.2, -0.15) is 0 Å². The molecule has 2 aromatic rings. The lowest BCUT2D eigenvalue weighted by molar-refractivity contribution is 0.406. The molecule has 0 heterocycles. The van der Waals surface area contributed by atoms with Crippen LogP contribution in [0.1, 0.15) is 11.1 Å². The lowest BCUT2D eigenvalue weighted by atomic mass is 10.1. The van der Waals surface area contributed by atoms with Gasteiger partial charge in [0.1, 0.15) is 11.5 Å². The molecule has 0 bridgehead atoms. The van der Waals surface area contributed by atoms with Crippen LogP contribution in [0.5, 0.6) is 11.5 Å². The van der Waals surface area contributed by atoms with E-state index in [0.29, 0.717) is 0 Å². The molecule has 0 unspecified atom stereocenters. The smallest absolute Gasteiger partial charge is 0.123 e. The molecule has 2 rings (SSSR count). The Bertz CT molecular complexity index is 587. The van der Waals surface area contributed by atoms with Crippen molar-refractivity contribution in [2.24, 2.45) is 0 Å². The van der Waals surface area contributed by atoms with Gasteiger partial charge in [-0.25, -0.2) is 0 Å². The minimum atomic E-state index is 0.720. The Balaban J connectivity index is 1.89. The van der Waals surface area contributed by atoms with Gasteiger partial charge in [-0.3, -0.25) is 0 Å². The van der Waals surface area contributed by atoms with Crippen molar-refractivity contribution in [3.05, 3.63) is 58.6 Å². The largest absolute Gasteiger partial charge is 0.496 e. The highest BCUT2D eigenvalue weighted by molar-refractivity contribution is 6.30. The number of rotatable bonds is 7. The SMILES string of the molecule is COc1ccccc1CCNCc1cc(Cl)ccc1OC. The third-order valence-electron chi connectivity index (χ3n) is 3.32. The summed E-state index contributed by atoms with van der Waals surface area (Å²) in [5, 5.41) is 4.13. The van der Waals surface area contributed by atoms with Crippen molar-refractivity contribution in [3.8, 4) is 11.5 Å². The molecule has 21 heavy (non-hydrogen) atoms. The molecule has 2 aromatic carbocycles. The second-order valence-corrected chi connectivity index (χ2v) is 5.13. The van der Waals surface area contributed by atoms with Crippen molar-refractivity contribution >= 4 is 11.6 Å². The molecule has 0 aromatic heterocycles. The van der Waals surface area contributed by atoms with E-state index < -0.39 is 0 Å². The van der Waals surface area contributed by atoms with Crippen LogP contribution in [0.15, 0.2) is 42.5 Å². The van der Waals surface area contributed by atoms with E-state index in [4.69, 9.17) is 21.1 Å². The monoisotopic (exact) mass is 305 g/mol. The maximum absolute atomic E-state index is 6.02. The van der Waals surface area contributed by atoms with Crippen LogP contribution in [0, 0.1) is 0 Å². The van der Waals surface area contributed by atoms with Crippen LogP contribution >= 0.6 is 11.6 Å². The summed E-state index contributed by atoms with van der Waals surface area (Å²) < 4.78 is 10.7. The molecular weight excluding hydrogens is 286 g/mol. The van der Waals surface area contributed by atoms with Crippen LogP contribution in [0.3, 0.4) is 0 Å². The second kappa shape index (κ2) is 7.91. The van der Waals surface area contributed by atoms with Crippen molar-refractivity contribution < 1.29 is 9.47 Å². The van der Waals surface area contributed by atoms with Gasteiger partial charge in [0, 0.05) is 17.1 Å². The Hall–Kier alpha value is -1.71. The predicted molar refractivity (Wildman–Crippen MR) is 86.4 cm³/mol. The number of halogens is 1. The first-order chi connectivity index (χ1) is 10.2. The fourth-order valence-electron chi connectivity index (χ4n) is 2.24. The zero-order chi connectivity index (χ0) is 15.1. The topological polar surface area (TPSA) is 30.5 Å². The summed E-state index contributed by atoms with van der Waals surface area (Å²) in [6.07, 6.45) is 0.910. The Labute approximate surface area is 130 Å². The third kappa shape index (κ3) is 4.38. The first kappa shape index (κ1) is 15.7. The molecule has 0 radical (unpaired) electrons. The summed E-state index contributed by atoms with van der Waals surface area (Å²) in [7, 11) is 3.37. The molecule has 0 spiro atoms. The van der Waals surface area contributed by atoms with E-state index in [0.717, 1.165) is 41.6 Å². The molecule has 0 fully saturated rings. The number of nitrogens with one attached hydrogen (secondary N) is 1. The van der Waals surface area contributed by atoms with Gasteiger partial charge in [-0.05, 0) is 42.8 Å². The van der Waals surface area contributed by atoms with Crippen molar-refractivity contribution in [1.29, 1.82) is 0 Å². The molecule has 4 heteroatoms. The van der Waals surface area contributed by atoms with Crippen LogP contribution in [0.4, 0.5) is 0 Å². The minimum Gasteiger partial charge on any atom is -0.496 e. The standard InChI is InChI=1S/C17H20ClNO2/c1-20-16-6-4-3-5-13(16)9-10-19-12-14-11-15(18)7-8-17(14)21-2/h3-8,11,19H,9-10,12H2,1-2H3. The summed E-state index contributed by atoms with van der Waals surface area (Å²) in [4.78, 5) is 0. The zero-order valence-corrected chi connectivity index (χ0v) is 13.1. The highest BCUT2D eigenvalue weighted by Gasteiger charge is 2.04. The van der Waals surface area contributed by atoms with Crippen LogP contribution in [0.2, 0.25) is 5.02 Å². The average Bonchev–Trinajstić information content (AvgIpc) is 2.52. The number of methoxy groups -OCH3 is 2. The average molecular weight is 306 g/mol. The maximum atomic E-state index is 6.02. The lowest BCUT2D eigenvalue weighted by Gasteiger charge is -2.11. The summed E-state index contributed by atoms with van der Waals surface area (Å²) in [6, 6.07) is 13.7. The van der Waals surface area contributed by atoms with Crippen molar-refractivity contribution in [1.82, 2.24) is 5.32 Å². The minimum absolute atomic E-state index is 0.720. The molecule has 112 valence electrons.